The van der Waals surface area contributed by atoms with Gasteiger partial charge in [-0.05, 0) is 30.7 Å². The van der Waals surface area contributed by atoms with Crippen LogP contribution in [0.15, 0.2) is 48.5 Å². The van der Waals surface area contributed by atoms with Crippen LogP contribution in [-0.4, -0.2) is 14.1 Å². The van der Waals surface area contributed by atoms with Gasteiger partial charge in [-0.1, -0.05) is 30.3 Å². The van der Waals surface area contributed by atoms with Crippen molar-refractivity contribution in [3.63, 3.8) is 0 Å². The zero-order valence-electron chi connectivity index (χ0n) is 8.96. The van der Waals surface area contributed by atoms with Crippen LogP contribution >= 0.6 is 0 Å². The Kier molecular flexibility index (Phi) is 1.26. The lowest BCUT2D eigenvalue weighted by molar-refractivity contribution is 1.00. The summed E-state index contributed by atoms with van der Waals surface area (Å²) in [7, 11) is 0. The first-order valence-corrected chi connectivity index (χ1v) is 5.43. The first-order chi connectivity index (χ1) is 7.88. The van der Waals surface area contributed by atoms with Crippen molar-refractivity contribution in [2.45, 2.75) is 6.92 Å². The van der Waals surface area contributed by atoms with Crippen LogP contribution in [0.2, 0.25) is 0 Å². The maximum Gasteiger partial charge on any atom is 0.113 e. The van der Waals surface area contributed by atoms with E-state index in [9.17, 15) is 0 Å². The van der Waals surface area contributed by atoms with Crippen molar-refractivity contribution in [3.8, 4) is 5.69 Å². The highest BCUT2D eigenvalue weighted by molar-refractivity contribution is 5.79. The van der Waals surface area contributed by atoms with Gasteiger partial charge in [0.25, 0.3) is 0 Å². The van der Waals surface area contributed by atoms with E-state index in [0.29, 0.717) is 0 Å². The fourth-order valence-corrected chi connectivity index (χ4v) is 2.28. The normalized spacial score (nSPS) is 12.1. The number of hydrogen-bond donors (Lipinski definition) is 0. The second kappa shape index (κ2) is 2.50. The summed E-state index contributed by atoms with van der Waals surface area (Å²) in [5.74, 6) is 0. The topological polar surface area (TPSA) is 13.8 Å². The van der Waals surface area contributed by atoms with Gasteiger partial charge in [-0.2, -0.15) is 4.80 Å². The molecule has 4 aromatic rings. The number of aryl methyl sites for hydroxylation is 1. The van der Waals surface area contributed by atoms with E-state index >= 15 is 0 Å². The lowest BCUT2D eigenvalue weighted by atomic mass is 10.2. The van der Waals surface area contributed by atoms with Crippen molar-refractivity contribution in [3.05, 3.63) is 54.1 Å². The molecule has 0 saturated heterocycles. The maximum absolute atomic E-state index is 2.19. The minimum Gasteiger partial charge on any atom is -0.150 e. The molecular formula is C13H11N3. The zero-order chi connectivity index (χ0) is 10.7. The molecule has 0 radical (unpaired) electrons. The second-order valence-electron chi connectivity index (χ2n) is 4.14. The van der Waals surface area contributed by atoms with Gasteiger partial charge in [0.2, 0.25) is 0 Å². The molecule has 0 N–H and O–H groups in total. The summed E-state index contributed by atoms with van der Waals surface area (Å²) in [6.07, 6.45) is 0. The van der Waals surface area contributed by atoms with Crippen LogP contribution in [0.25, 0.3) is 16.7 Å². The van der Waals surface area contributed by atoms with Gasteiger partial charge in [-0.3, -0.25) is 0 Å². The molecule has 0 bridgehead atoms. The van der Waals surface area contributed by atoms with Crippen molar-refractivity contribution >= 4 is 11.0 Å². The van der Waals surface area contributed by atoms with E-state index in [1.165, 1.54) is 22.3 Å². The van der Waals surface area contributed by atoms with E-state index in [1.807, 2.05) is 0 Å². The van der Waals surface area contributed by atoms with E-state index in [0.717, 1.165) is 0 Å². The van der Waals surface area contributed by atoms with Gasteiger partial charge in [0.05, 0.1) is 5.69 Å². The van der Waals surface area contributed by atoms with Crippen molar-refractivity contribution in [1.82, 2.24) is 14.1 Å². The zero-order valence-corrected chi connectivity index (χ0v) is 8.96. The van der Waals surface area contributed by atoms with Crippen LogP contribution in [-0.2, 0) is 0 Å². The standard InChI is InChI=1S/C13H11N3/c1-10-6-2-3-7-11(10)14-15-12-8-4-5-9-13(12)16(14)15/h2-9H,1H3. The Morgan fingerprint density at radius 3 is 1.94 bits per heavy atom. The Hall–Kier alpha value is -2.16. The molecule has 78 valence electrons. The van der Waals surface area contributed by atoms with Crippen LogP contribution < -0.4 is 0 Å². The molecule has 16 heavy (non-hydrogen) atoms. The Balaban J connectivity index is 2.01. The molecule has 3 heteroatoms. The number of nitrogens with zero attached hydrogens (tertiary/aromatic N) is 3. The Morgan fingerprint density at radius 1 is 0.750 bits per heavy atom. The fraction of sp³-hybridized carbons (Fsp3) is 0.0769. The molecule has 0 amide bonds. The van der Waals surface area contributed by atoms with E-state index < -0.39 is 0 Å². The number of fused-ring (bicyclic) bond motifs is 4. The first-order valence-electron chi connectivity index (χ1n) is 5.43. The third-order valence-electron chi connectivity index (χ3n) is 3.15. The summed E-state index contributed by atoms with van der Waals surface area (Å²) in [5, 5.41) is 0. The molecule has 0 aliphatic heterocycles. The van der Waals surface area contributed by atoms with Crippen LogP contribution in [0.3, 0.4) is 0 Å². The Bertz CT molecular complexity index is 727. The van der Waals surface area contributed by atoms with Gasteiger partial charge < -0.3 is 0 Å². The molecule has 2 aromatic heterocycles. The highest BCUT2D eigenvalue weighted by atomic mass is 15.9. The molecule has 0 atom stereocenters. The molecule has 4 rings (SSSR count). The molecule has 0 aliphatic carbocycles. The van der Waals surface area contributed by atoms with Crippen LogP contribution in [0.4, 0.5) is 0 Å². The van der Waals surface area contributed by atoms with Gasteiger partial charge in [0.15, 0.2) is 0 Å². The van der Waals surface area contributed by atoms with Crippen molar-refractivity contribution in [2.75, 3.05) is 0 Å². The summed E-state index contributed by atoms with van der Waals surface area (Å²) in [6.45, 7) is 2.14. The smallest absolute Gasteiger partial charge is 0.113 e. The van der Waals surface area contributed by atoms with E-state index in [1.54, 1.807) is 0 Å². The molecule has 2 heterocycles. The van der Waals surface area contributed by atoms with Crippen LogP contribution in [0.1, 0.15) is 5.56 Å². The first kappa shape index (κ1) is 8.05. The van der Waals surface area contributed by atoms with Crippen molar-refractivity contribution < 1.29 is 0 Å². The molecule has 0 spiro atoms. The largest absolute Gasteiger partial charge is 0.150 e. The van der Waals surface area contributed by atoms with Gasteiger partial charge >= 0.3 is 0 Å². The third kappa shape index (κ3) is 0.795. The minimum absolute atomic E-state index is 1.25. The van der Waals surface area contributed by atoms with Gasteiger partial charge in [0.1, 0.15) is 11.0 Å². The predicted molar refractivity (Wildman–Crippen MR) is 63.6 cm³/mol. The fourth-order valence-electron chi connectivity index (χ4n) is 2.28. The number of hydrogen-bond acceptors (Lipinski definition) is 0. The maximum atomic E-state index is 2.19. The highest BCUT2D eigenvalue weighted by Crippen LogP contribution is 2.26. The van der Waals surface area contributed by atoms with E-state index in [-0.39, 0.29) is 0 Å². The summed E-state index contributed by atoms with van der Waals surface area (Å²) < 4.78 is 4.36. The summed E-state index contributed by atoms with van der Waals surface area (Å²) in [6, 6.07) is 16.9. The molecule has 3 nitrogen and oxygen atoms in total. The highest BCUT2D eigenvalue weighted by Gasteiger charge is 2.23. The quantitative estimate of drug-likeness (QED) is 0.457. The van der Waals surface area contributed by atoms with Crippen molar-refractivity contribution in [1.29, 1.82) is 0 Å². The van der Waals surface area contributed by atoms with E-state index in [4.69, 9.17) is 0 Å². The van der Waals surface area contributed by atoms with Gasteiger partial charge in [-0.25, -0.2) is 0 Å². The Labute approximate surface area is 92.4 Å². The van der Waals surface area contributed by atoms with Gasteiger partial charge in [-0.15, -0.1) is 9.26 Å². The minimum atomic E-state index is 1.25. The number of benzene rings is 2. The average molecular weight is 209 g/mol. The van der Waals surface area contributed by atoms with Crippen molar-refractivity contribution in [2.24, 2.45) is 0 Å². The molecule has 0 saturated carbocycles. The molecule has 0 fully saturated rings. The number of aromatic nitrogens is 3. The van der Waals surface area contributed by atoms with E-state index in [2.05, 4.69) is 69.5 Å². The number of para-hydroxylation sites is 3. The SMILES string of the molecule is Cc1ccccc1-n1n2c3ccccc3n12. The van der Waals surface area contributed by atoms with Crippen LogP contribution in [0, 0.1) is 6.92 Å². The number of rotatable bonds is 1. The monoisotopic (exact) mass is 209 g/mol. The lowest BCUT2D eigenvalue weighted by Gasteiger charge is -1.96. The second-order valence-corrected chi connectivity index (χ2v) is 4.14. The summed E-state index contributed by atoms with van der Waals surface area (Å²) >= 11 is 0. The van der Waals surface area contributed by atoms with Crippen LogP contribution in [0.5, 0.6) is 0 Å². The Morgan fingerprint density at radius 2 is 1.31 bits per heavy atom. The summed E-state index contributed by atoms with van der Waals surface area (Å²) in [5.41, 5.74) is 5.11. The molecule has 0 aliphatic rings. The molecule has 0 unspecified atom stereocenters. The predicted octanol–water partition coefficient (Wildman–Crippen LogP) is 2.73. The molecule has 2 aromatic carbocycles. The average Bonchev–Trinajstić information content (AvgIpc) is 2.95. The summed E-state index contributed by atoms with van der Waals surface area (Å²) in [4.78, 5) is 2.19. The molecular weight excluding hydrogens is 198 g/mol. The van der Waals surface area contributed by atoms with Gasteiger partial charge in [0, 0.05) is 0 Å². The third-order valence-corrected chi connectivity index (χ3v) is 3.15. The lowest BCUT2D eigenvalue weighted by Crippen LogP contribution is -1.88.